The minimum atomic E-state index is -5.08. The number of aromatic nitrogens is 2. The van der Waals surface area contributed by atoms with E-state index in [1.54, 1.807) is 0 Å². The lowest BCUT2D eigenvalue weighted by molar-refractivity contribution is -0.192. The molecule has 1 atom stereocenters. The molecule has 1 fully saturated rings. The summed E-state index contributed by atoms with van der Waals surface area (Å²) < 4.78 is 32.7. The molecule has 1 aromatic carbocycles. The van der Waals surface area contributed by atoms with Crippen LogP contribution in [0.4, 0.5) is 24.9 Å². The van der Waals surface area contributed by atoms with Crippen LogP contribution in [0.25, 0.3) is 10.9 Å². The summed E-state index contributed by atoms with van der Waals surface area (Å²) in [5.41, 5.74) is 6.93. The molecule has 2 aromatic rings. The van der Waals surface area contributed by atoms with Gasteiger partial charge in [-0.1, -0.05) is 15.9 Å². The van der Waals surface area contributed by atoms with Crippen molar-refractivity contribution in [2.24, 2.45) is 5.92 Å². The molecule has 29 heavy (non-hydrogen) atoms. The number of carbonyl (C=O) groups is 1. The lowest BCUT2D eigenvalue weighted by Crippen LogP contribution is -2.31. The summed E-state index contributed by atoms with van der Waals surface area (Å²) in [6, 6.07) is 6.22. The van der Waals surface area contributed by atoms with Crippen molar-refractivity contribution in [2.75, 3.05) is 24.1 Å². The predicted molar refractivity (Wildman–Crippen MR) is 109 cm³/mol. The number of rotatable bonds is 4. The van der Waals surface area contributed by atoms with Crippen LogP contribution >= 0.6 is 15.9 Å². The number of hydrogen-bond donors (Lipinski definition) is 4. The minimum absolute atomic E-state index is 0.343. The largest absolute Gasteiger partial charge is 0.490 e. The number of hydrogen-bond acceptors (Lipinski definition) is 6. The smallest absolute Gasteiger partial charge is 0.475 e. The Labute approximate surface area is 174 Å². The van der Waals surface area contributed by atoms with Gasteiger partial charge < -0.3 is 21.5 Å². The van der Waals surface area contributed by atoms with Crippen molar-refractivity contribution in [3.8, 4) is 0 Å². The van der Waals surface area contributed by atoms with E-state index in [9.17, 15) is 13.2 Å². The van der Waals surface area contributed by atoms with Crippen molar-refractivity contribution in [3.05, 3.63) is 22.7 Å². The zero-order chi connectivity index (χ0) is 21.6. The van der Waals surface area contributed by atoms with Crippen LogP contribution in [0.1, 0.15) is 26.2 Å². The van der Waals surface area contributed by atoms with Gasteiger partial charge in [-0.05, 0) is 63.4 Å². The van der Waals surface area contributed by atoms with Crippen LogP contribution in [0, 0.1) is 5.92 Å². The monoisotopic (exact) mass is 477 g/mol. The van der Waals surface area contributed by atoms with Gasteiger partial charge in [0.15, 0.2) is 0 Å². The standard InChI is InChI=1S/C16H22BrN5.C2HF3O2/c1-10(8-11-4-6-19-7-5-11)20-16-21-14-3-2-12(17)9-13(14)15(18)22-16;3-2(4,5)1(6)7/h2-3,9-11,19H,4-8H2,1H3,(H3,18,20,21,22);(H,6,7). The number of carboxylic acids is 1. The molecule has 0 amide bonds. The molecule has 0 bridgehead atoms. The fraction of sp³-hybridized carbons (Fsp3) is 0.500. The van der Waals surface area contributed by atoms with Gasteiger partial charge in [-0.15, -0.1) is 0 Å². The van der Waals surface area contributed by atoms with Gasteiger partial charge >= 0.3 is 12.1 Å². The first-order chi connectivity index (χ1) is 13.6. The van der Waals surface area contributed by atoms with Crippen LogP contribution < -0.4 is 16.4 Å². The fourth-order valence-electron chi connectivity index (χ4n) is 3.09. The molecule has 1 saturated heterocycles. The van der Waals surface area contributed by atoms with E-state index in [2.05, 4.69) is 43.5 Å². The maximum Gasteiger partial charge on any atom is 0.490 e. The Kier molecular flexibility index (Phi) is 8.03. The highest BCUT2D eigenvalue weighted by atomic mass is 79.9. The van der Waals surface area contributed by atoms with Gasteiger partial charge in [0.2, 0.25) is 5.95 Å². The topological polar surface area (TPSA) is 113 Å². The maximum absolute atomic E-state index is 10.6. The number of carboxylic acid groups (broad SMARTS) is 1. The van der Waals surface area contributed by atoms with Crippen molar-refractivity contribution < 1.29 is 23.1 Å². The average Bonchev–Trinajstić information content (AvgIpc) is 2.63. The van der Waals surface area contributed by atoms with Gasteiger partial charge in [0, 0.05) is 15.9 Å². The van der Waals surface area contributed by atoms with Crippen LogP contribution in [-0.2, 0) is 4.79 Å². The number of fused-ring (bicyclic) bond motifs is 1. The molecule has 5 N–H and O–H groups in total. The van der Waals surface area contributed by atoms with E-state index in [0.29, 0.717) is 17.8 Å². The Morgan fingerprint density at radius 1 is 1.38 bits per heavy atom. The molecule has 1 aliphatic rings. The van der Waals surface area contributed by atoms with Gasteiger partial charge in [0.05, 0.1) is 5.52 Å². The number of aliphatic carboxylic acids is 1. The van der Waals surface area contributed by atoms with Crippen molar-refractivity contribution in [1.29, 1.82) is 0 Å². The summed E-state index contributed by atoms with van der Waals surface area (Å²) in [6.45, 7) is 4.45. The van der Waals surface area contributed by atoms with Crippen LogP contribution in [0.15, 0.2) is 22.7 Å². The van der Waals surface area contributed by atoms with Crippen LogP contribution in [0.3, 0.4) is 0 Å². The maximum atomic E-state index is 10.6. The molecule has 0 aliphatic carbocycles. The summed E-state index contributed by atoms with van der Waals surface area (Å²) in [5, 5.41) is 14.8. The fourth-order valence-corrected chi connectivity index (χ4v) is 3.45. The lowest BCUT2D eigenvalue weighted by Gasteiger charge is -2.25. The summed E-state index contributed by atoms with van der Waals surface area (Å²) in [4.78, 5) is 17.9. The van der Waals surface area contributed by atoms with E-state index in [1.807, 2.05) is 18.2 Å². The van der Waals surface area contributed by atoms with Crippen molar-refractivity contribution in [3.63, 3.8) is 0 Å². The molecule has 3 rings (SSSR count). The second-order valence-electron chi connectivity index (χ2n) is 6.87. The molecule has 7 nitrogen and oxygen atoms in total. The highest BCUT2D eigenvalue weighted by molar-refractivity contribution is 9.10. The quantitative estimate of drug-likeness (QED) is 0.529. The lowest BCUT2D eigenvalue weighted by atomic mass is 9.91. The zero-order valence-electron chi connectivity index (χ0n) is 15.8. The van der Waals surface area contributed by atoms with Gasteiger partial charge in [-0.25, -0.2) is 9.78 Å². The van der Waals surface area contributed by atoms with E-state index in [-0.39, 0.29) is 0 Å². The molecule has 2 heterocycles. The normalized spacial score (nSPS) is 16.0. The number of nitrogens with one attached hydrogen (secondary N) is 2. The van der Waals surface area contributed by atoms with E-state index >= 15 is 0 Å². The molecular weight excluding hydrogens is 455 g/mol. The summed E-state index contributed by atoms with van der Waals surface area (Å²) in [5.74, 6) is -0.846. The minimum Gasteiger partial charge on any atom is -0.475 e. The first kappa shape index (κ1) is 23.1. The third-order valence-electron chi connectivity index (χ3n) is 4.45. The molecule has 1 aromatic heterocycles. The SMILES string of the molecule is CC(CC1CCNCC1)Nc1nc(N)c2cc(Br)ccc2n1.O=C(O)C(F)(F)F. The third kappa shape index (κ3) is 7.32. The molecule has 0 saturated carbocycles. The molecular formula is C18H23BrF3N5O2. The Morgan fingerprint density at radius 2 is 2.00 bits per heavy atom. The molecule has 11 heteroatoms. The molecule has 0 spiro atoms. The number of nitrogens with zero attached hydrogens (tertiary/aromatic N) is 2. The molecule has 0 radical (unpaired) electrons. The average molecular weight is 478 g/mol. The number of alkyl halides is 3. The number of nitrogens with two attached hydrogens (primary N) is 1. The predicted octanol–water partition coefficient (Wildman–Crippen LogP) is 3.80. The number of benzene rings is 1. The van der Waals surface area contributed by atoms with Gasteiger partial charge in [0.1, 0.15) is 5.82 Å². The summed E-state index contributed by atoms with van der Waals surface area (Å²) in [6.07, 6.45) is -1.44. The van der Waals surface area contributed by atoms with Crippen LogP contribution in [0.2, 0.25) is 0 Å². The van der Waals surface area contributed by atoms with Gasteiger partial charge in [-0.3, -0.25) is 0 Å². The van der Waals surface area contributed by atoms with E-state index in [4.69, 9.17) is 15.6 Å². The zero-order valence-corrected chi connectivity index (χ0v) is 17.3. The highest BCUT2D eigenvalue weighted by Gasteiger charge is 2.38. The second kappa shape index (κ2) is 10.1. The van der Waals surface area contributed by atoms with Crippen molar-refractivity contribution in [2.45, 2.75) is 38.4 Å². The summed E-state index contributed by atoms with van der Waals surface area (Å²) >= 11 is 3.45. The molecule has 1 unspecified atom stereocenters. The summed E-state index contributed by atoms with van der Waals surface area (Å²) in [7, 11) is 0. The highest BCUT2D eigenvalue weighted by Crippen LogP contribution is 2.25. The van der Waals surface area contributed by atoms with Crippen LogP contribution in [-0.4, -0.2) is 46.4 Å². The van der Waals surface area contributed by atoms with E-state index in [1.165, 1.54) is 12.8 Å². The van der Waals surface area contributed by atoms with Gasteiger partial charge in [0.25, 0.3) is 0 Å². The Bertz CT molecular complexity index is 844. The number of nitrogen functional groups attached to an aromatic ring is 1. The Morgan fingerprint density at radius 3 is 2.59 bits per heavy atom. The van der Waals surface area contributed by atoms with Crippen molar-refractivity contribution in [1.82, 2.24) is 15.3 Å². The molecule has 1 aliphatic heterocycles. The van der Waals surface area contributed by atoms with E-state index < -0.39 is 12.1 Å². The van der Waals surface area contributed by atoms with Gasteiger partial charge in [-0.2, -0.15) is 18.2 Å². The third-order valence-corrected chi connectivity index (χ3v) is 4.94. The second-order valence-corrected chi connectivity index (χ2v) is 7.79. The first-order valence-corrected chi connectivity index (χ1v) is 9.85. The van der Waals surface area contributed by atoms with Crippen LogP contribution in [0.5, 0.6) is 0 Å². The Hall–Kier alpha value is -2.14. The van der Waals surface area contributed by atoms with Crippen molar-refractivity contribution >= 4 is 44.6 Å². The number of halogens is 4. The first-order valence-electron chi connectivity index (χ1n) is 9.06. The number of piperidine rings is 1. The Balaban J connectivity index is 0.000000370. The molecule has 160 valence electrons. The number of anilines is 2. The van der Waals surface area contributed by atoms with E-state index in [0.717, 1.165) is 40.8 Å².